The van der Waals surface area contributed by atoms with Crippen molar-refractivity contribution in [3.8, 4) is 5.75 Å². The normalized spacial score (nSPS) is 26.6. The SMILES string of the molecule is CCC(C)(C)C1CCC(N)(Cc2cccc(OC)c2)CC1. The van der Waals surface area contributed by atoms with Gasteiger partial charge in [0.2, 0.25) is 0 Å². The van der Waals surface area contributed by atoms with Gasteiger partial charge in [0, 0.05) is 5.54 Å². The fraction of sp³-hybridized carbons (Fsp3) is 0.684. The highest BCUT2D eigenvalue weighted by Crippen LogP contribution is 2.43. The van der Waals surface area contributed by atoms with Crippen molar-refractivity contribution in [2.75, 3.05) is 7.11 Å². The zero-order valence-electron chi connectivity index (χ0n) is 14.1. The maximum absolute atomic E-state index is 6.69. The summed E-state index contributed by atoms with van der Waals surface area (Å²) in [5, 5.41) is 0. The van der Waals surface area contributed by atoms with Gasteiger partial charge in [-0.25, -0.2) is 0 Å². The van der Waals surface area contributed by atoms with Gasteiger partial charge in [-0.3, -0.25) is 0 Å². The lowest BCUT2D eigenvalue weighted by molar-refractivity contribution is 0.115. The molecule has 118 valence electrons. The minimum absolute atomic E-state index is 0.0350. The molecule has 2 heteroatoms. The largest absolute Gasteiger partial charge is 0.497 e. The molecule has 0 radical (unpaired) electrons. The minimum Gasteiger partial charge on any atom is -0.497 e. The number of hydrogen-bond donors (Lipinski definition) is 1. The first kappa shape index (κ1) is 16.4. The smallest absolute Gasteiger partial charge is 0.119 e. The lowest BCUT2D eigenvalue weighted by Crippen LogP contribution is -2.47. The summed E-state index contributed by atoms with van der Waals surface area (Å²) in [7, 11) is 1.72. The molecule has 1 saturated carbocycles. The molecule has 2 nitrogen and oxygen atoms in total. The van der Waals surface area contributed by atoms with Crippen LogP contribution in [-0.4, -0.2) is 12.6 Å². The molecule has 0 spiro atoms. The second-order valence-electron chi connectivity index (χ2n) is 7.51. The van der Waals surface area contributed by atoms with E-state index in [4.69, 9.17) is 10.5 Å². The first-order valence-corrected chi connectivity index (χ1v) is 8.30. The standard InChI is InChI=1S/C19H31NO/c1-5-18(2,3)16-9-11-19(20,12-10-16)14-15-7-6-8-17(13-15)21-4/h6-8,13,16H,5,9-12,14,20H2,1-4H3. The van der Waals surface area contributed by atoms with E-state index in [0.717, 1.165) is 30.9 Å². The second kappa shape index (κ2) is 6.39. The van der Waals surface area contributed by atoms with E-state index in [-0.39, 0.29) is 5.54 Å². The molecule has 1 aromatic rings. The molecule has 0 aromatic heterocycles. The summed E-state index contributed by atoms with van der Waals surface area (Å²) in [5.41, 5.74) is 8.41. The summed E-state index contributed by atoms with van der Waals surface area (Å²) in [4.78, 5) is 0. The van der Waals surface area contributed by atoms with Crippen LogP contribution in [0, 0.1) is 11.3 Å². The Morgan fingerprint density at radius 1 is 1.29 bits per heavy atom. The maximum Gasteiger partial charge on any atom is 0.119 e. The first-order chi connectivity index (χ1) is 9.88. The number of rotatable bonds is 5. The first-order valence-electron chi connectivity index (χ1n) is 8.30. The molecule has 1 fully saturated rings. The van der Waals surface area contributed by atoms with Crippen molar-refractivity contribution < 1.29 is 4.74 Å². The van der Waals surface area contributed by atoms with E-state index < -0.39 is 0 Å². The molecule has 1 aliphatic rings. The summed E-state index contributed by atoms with van der Waals surface area (Å²) in [6.45, 7) is 7.12. The molecule has 1 aliphatic carbocycles. The summed E-state index contributed by atoms with van der Waals surface area (Å²) < 4.78 is 5.31. The van der Waals surface area contributed by atoms with Crippen LogP contribution in [0.4, 0.5) is 0 Å². The predicted molar refractivity (Wildman–Crippen MR) is 89.6 cm³/mol. The number of ether oxygens (including phenoxy) is 1. The Kier molecular flexibility index (Phi) is 4.98. The maximum atomic E-state index is 6.69. The van der Waals surface area contributed by atoms with Crippen LogP contribution in [-0.2, 0) is 6.42 Å². The third-order valence-electron chi connectivity index (χ3n) is 5.69. The minimum atomic E-state index is -0.0350. The molecule has 2 rings (SSSR count). The van der Waals surface area contributed by atoms with Crippen LogP contribution in [0.15, 0.2) is 24.3 Å². The van der Waals surface area contributed by atoms with Gasteiger partial charge in [-0.1, -0.05) is 39.3 Å². The lowest BCUT2D eigenvalue weighted by Gasteiger charge is -2.43. The molecule has 0 amide bonds. The van der Waals surface area contributed by atoms with Gasteiger partial charge in [-0.2, -0.15) is 0 Å². The van der Waals surface area contributed by atoms with Crippen LogP contribution >= 0.6 is 0 Å². The molecule has 0 unspecified atom stereocenters. The second-order valence-corrected chi connectivity index (χ2v) is 7.51. The van der Waals surface area contributed by atoms with Gasteiger partial charge in [0.05, 0.1) is 7.11 Å². The average Bonchev–Trinajstić information content (AvgIpc) is 2.47. The van der Waals surface area contributed by atoms with Crippen LogP contribution in [0.25, 0.3) is 0 Å². The zero-order valence-corrected chi connectivity index (χ0v) is 14.1. The Morgan fingerprint density at radius 3 is 2.52 bits per heavy atom. The van der Waals surface area contributed by atoms with Gasteiger partial charge < -0.3 is 10.5 Å². The van der Waals surface area contributed by atoms with E-state index in [9.17, 15) is 0 Å². The summed E-state index contributed by atoms with van der Waals surface area (Å²) in [5.74, 6) is 1.75. The zero-order chi connectivity index (χ0) is 15.5. The van der Waals surface area contributed by atoms with E-state index in [2.05, 4.69) is 39.0 Å². The number of benzene rings is 1. The highest BCUT2D eigenvalue weighted by atomic mass is 16.5. The summed E-state index contributed by atoms with van der Waals surface area (Å²) in [6.07, 6.45) is 7.02. The molecule has 0 saturated heterocycles. The van der Waals surface area contributed by atoms with Crippen molar-refractivity contribution >= 4 is 0 Å². The topological polar surface area (TPSA) is 35.2 Å². The highest BCUT2D eigenvalue weighted by molar-refractivity contribution is 5.29. The Labute approximate surface area is 130 Å². The van der Waals surface area contributed by atoms with E-state index in [1.165, 1.54) is 24.8 Å². The Balaban J connectivity index is 1.99. The number of methoxy groups -OCH3 is 1. The van der Waals surface area contributed by atoms with Crippen LogP contribution < -0.4 is 10.5 Å². The third-order valence-corrected chi connectivity index (χ3v) is 5.69. The fourth-order valence-corrected chi connectivity index (χ4v) is 3.63. The van der Waals surface area contributed by atoms with Gasteiger partial charge >= 0.3 is 0 Å². The molecular formula is C19H31NO. The average molecular weight is 289 g/mol. The van der Waals surface area contributed by atoms with Gasteiger partial charge in [0.15, 0.2) is 0 Å². The summed E-state index contributed by atoms with van der Waals surface area (Å²) >= 11 is 0. The lowest BCUT2D eigenvalue weighted by atomic mass is 9.65. The Hall–Kier alpha value is -1.02. The van der Waals surface area contributed by atoms with Crippen LogP contribution in [0.2, 0.25) is 0 Å². The summed E-state index contributed by atoms with van der Waals surface area (Å²) in [6, 6.07) is 8.34. The molecule has 0 heterocycles. The third kappa shape index (κ3) is 4.00. The highest BCUT2D eigenvalue weighted by Gasteiger charge is 2.37. The van der Waals surface area contributed by atoms with E-state index >= 15 is 0 Å². The predicted octanol–water partition coefficient (Wildman–Crippen LogP) is 4.56. The molecule has 0 aliphatic heterocycles. The van der Waals surface area contributed by atoms with Crippen molar-refractivity contribution in [2.24, 2.45) is 17.1 Å². The van der Waals surface area contributed by atoms with Crippen molar-refractivity contribution in [2.45, 2.75) is 64.8 Å². The van der Waals surface area contributed by atoms with Crippen LogP contribution in [0.3, 0.4) is 0 Å². The van der Waals surface area contributed by atoms with Crippen molar-refractivity contribution in [3.63, 3.8) is 0 Å². The quantitative estimate of drug-likeness (QED) is 0.862. The van der Waals surface area contributed by atoms with Gasteiger partial charge in [0.25, 0.3) is 0 Å². The molecule has 0 atom stereocenters. The van der Waals surface area contributed by atoms with E-state index in [1.54, 1.807) is 7.11 Å². The van der Waals surface area contributed by atoms with Gasteiger partial charge in [-0.05, 0) is 61.1 Å². The molecule has 2 N–H and O–H groups in total. The van der Waals surface area contributed by atoms with Crippen molar-refractivity contribution in [1.29, 1.82) is 0 Å². The molecule has 21 heavy (non-hydrogen) atoms. The molecular weight excluding hydrogens is 258 g/mol. The fourth-order valence-electron chi connectivity index (χ4n) is 3.63. The van der Waals surface area contributed by atoms with Crippen LogP contribution in [0.5, 0.6) is 5.75 Å². The van der Waals surface area contributed by atoms with Gasteiger partial charge in [-0.15, -0.1) is 0 Å². The van der Waals surface area contributed by atoms with E-state index in [1.807, 2.05) is 6.07 Å². The molecule has 0 bridgehead atoms. The van der Waals surface area contributed by atoms with Gasteiger partial charge in [0.1, 0.15) is 5.75 Å². The Morgan fingerprint density at radius 2 is 1.95 bits per heavy atom. The number of nitrogens with two attached hydrogens (primary N) is 1. The monoisotopic (exact) mass is 289 g/mol. The van der Waals surface area contributed by atoms with E-state index in [0.29, 0.717) is 5.41 Å². The van der Waals surface area contributed by atoms with Crippen LogP contribution in [0.1, 0.15) is 58.4 Å². The number of hydrogen-bond acceptors (Lipinski definition) is 2. The van der Waals surface area contributed by atoms with Crippen molar-refractivity contribution in [1.82, 2.24) is 0 Å². The Bertz CT molecular complexity index is 458. The molecule has 1 aromatic carbocycles. The van der Waals surface area contributed by atoms with Crippen molar-refractivity contribution in [3.05, 3.63) is 29.8 Å².